The molecule has 23 heavy (non-hydrogen) atoms. The van der Waals surface area contributed by atoms with Gasteiger partial charge < -0.3 is 4.90 Å². The first-order valence-corrected chi connectivity index (χ1v) is 8.94. The lowest BCUT2D eigenvalue weighted by Gasteiger charge is -2.31. The number of hydrogen-bond acceptors (Lipinski definition) is 5. The Morgan fingerprint density at radius 1 is 1.43 bits per heavy atom. The van der Waals surface area contributed by atoms with Crippen LogP contribution in [0.1, 0.15) is 59.6 Å². The van der Waals surface area contributed by atoms with Crippen LogP contribution in [0.3, 0.4) is 0 Å². The van der Waals surface area contributed by atoms with Gasteiger partial charge in [-0.1, -0.05) is 13.8 Å². The number of aryl methyl sites for hydroxylation is 1. The SMILES string of the molecule is Cc1cc(C(=O)N2CCC(Cc3nc(C(C)C)n[nH]3)CC2)ns1. The highest BCUT2D eigenvalue weighted by Gasteiger charge is 2.25. The van der Waals surface area contributed by atoms with Gasteiger partial charge in [-0.2, -0.15) is 9.47 Å². The molecule has 1 aliphatic rings. The van der Waals surface area contributed by atoms with Gasteiger partial charge in [-0.25, -0.2) is 4.98 Å². The van der Waals surface area contributed by atoms with Gasteiger partial charge in [0.05, 0.1) is 0 Å². The largest absolute Gasteiger partial charge is 0.337 e. The Balaban J connectivity index is 1.52. The lowest BCUT2D eigenvalue weighted by atomic mass is 9.93. The normalized spacial score (nSPS) is 16.3. The van der Waals surface area contributed by atoms with Gasteiger partial charge in [0.15, 0.2) is 5.82 Å². The van der Waals surface area contributed by atoms with E-state index in [1.54, 1.807) is 0 Å². The van der Waals surface area contributed by atoms with Gasteiger partial charge in [-0.05, 0) is 43.3 Å². The summed E-state index contributed by atoms with van der Waals surface area (Å²) in [4.78, 5) is 20.0. The number of amides is 1. The molecule has 7 heteroatoms. The summed E-state index contributed by atoms with van der Waals surface area (Å²) in [6, 6.07) is 1.88. The number of aromatic nitrogens is 4. The Morgan fingerprint density at radius 3 is 2.74 bits per heavy atom. The number of carbonyl (C=O) groups is 1. The molecule has 0 spiro atoms. The molecule has 0 aromatic carbocycles. The Morgan fingerprint density at radius 2 is 2.17 bits per heavy atom. The van der Waals surface area contributed by atoms with Crippen LogP contribution in [0.25, 0.3) is 0 Å². The third-order valence-corrected chi connectivity index (χ3v) is 4.99. The van der Waals surface area contributed by atoms with E-state index in [-0.39, 0.29) is 5.91 Å². The van der Waals surface area contributed by atoms with Crippen molar-refractivity contribution in [2.75, 3.05) is 13.1 Å². The highest BCUT2D eigenvalue weighted by molar-refractivity contribution is 7.05. The predicted octanol–water partition coefficient (Wildman–Crippen LogP) is 2.79. The number of H-pyrrole nitrogens is 1. The standard InChI is InChI=1S/C16H23N5OS/c1-10(2)15-17-14(18-19-15)9-12-4-6-21(7-5-12)16(22)13-8-11(3)23-20-13/h8,10,12H,4-7,9H2,1-3H3,(H,17,18,19). The van der Waals surface area contributed by atoms with Crippen LogP contribution in [0, 0.1) is 12.8 Å². The van der Waals surface area contributed by atoms with E-state index in [1.165, 1.54) is 11.5 Å². The van der Waals surface area contributed by atoms with E-state index in [0.29, 0.717) is 17.5 Å². The minimum Gasteiger partial charge on any atom is -0.337 e. The molecule has 0 radical (unpaired) electrons. The average Bonchev–Trinajstić information content (AvgIpc) is 3.16. The molecule has 3 heterocycles. The van der Waals surface area contributed by atoms with Crippen LogP contribution in [0.2, 0.25) is 0 Å². The highest BCUT2D eigenvalue weighted by Crippen LogP contribution is 2.22. The van der Waals surface area contributed by atoms with E-state index in [2.05, 4.69) is 33.4 Å². The number of piperidine rings is 1. The lowest BCUT2D eigenvalue weighted by Crippen LogP contribution is -2.39. The zero-order valence-electron chi connectivity index (χ0n) is 13.9. The second kappa shape index (κ2) is 6.78. The Bertz CT molecular complexity index is 670. The fourth-order valence-electron chi connectivity index (χ4n) is 2.90. The van der Waals surface area contributed by atoms with Gasteiger partial charge in [0, 0.05) is 30.3 Å². The third kappa shape index (κ3) is 3.77. The number of nitrogens with one attached hydrogen (secondary N) is 1. The van der Waals surface area contributed by atoms with Crippen molar-refractivity contribution in [3.8, 4) is 0 Å². The summed E-state index contributed by atoms with van der Waals surface area (Å²) in [6.07, 6.45) is 2.93. The molecule has 1 amide bonds. The molecule has 0 bridgehead atoms. The van der Waals surface area contributed by atoms with Crippen LogP contribution in [0.4, 0.5) is 0 Å². The fraction of sp³-hybridized carbons (Fsp3) is 0.625. The summed E-state index contributed by atoms with van der Waals surface area (Å²) in [5.41, 5.74) is 0.586. The molecule has 1 N–H and O–H groups in total. The Hall–Kier alpha value is -1.76. The van der Waals surface area contributed by atoms with Crippen molar-refractivity contribution in [2.24, 2.45) is 5.92 Å². The van der Waals surface area contributed by atoms with E-state index in [9.17, 15) is 4.79 Å². The summed E-state index contributed by atoms with van der Waals surface area (Å²) in [6.45, 7) is 7.76. The average molecular weight is 333 g/mol. The number of nitrogens with zero attached hydrogens (tertiary/aromatic N) is 4. The summed E-state index contributed by atoms with van der Waals surface area (Å²) in [5, 5.41) is 7.31. The van der Waals surface area contributed by atoms with Crippen LogP contribution < -0.4 is 0 Å². The number of rotatable bonds is 4. The van der Waals surface area contributed by atoms with Crippen molar-refractivity contribution in [1.29, 1.82) is 0 Å². The molecule has 0 atom stereocenters. The molecule has 6 nitrogen and oxygen atoms in total. The van der Waals surface area contributed by atoms with Crippen LogP contribution >= 0.6 is 11.5 Å². The molecule has 0 unspecified atom stereocenters. The Labute approximate surface area is 140 Å². The maximum Gasteiger partial charge on any atom is 0.273 e. The number of carbonyl (C=O) groups excluding carboxylic acids is 1. The second-order valence-corrected chi connectivity index (χ2v) is 7.57. The van der Waals surface area contributed by atoms with E-state index in [0.717, 1.165) is 48.9 Å². The van der Waals surface area contributed by atoms with Gasteiger partial charge in [-0.3, -0.25) is 9.89 Å². The molecule has 2 aromatic heterocycles. The van der Waals surface area contributed by atoms with Crippen LogP contribution in [-0.4, -0.2) is 43.5 Å². The number of aromatic amines is 1. The van der Waals surface area contributed by atoms with Gasteiger partial charge in [-0.15, -0.1) is 0 Å². The van der Waals surface area contributed by atoms with Gasteiger partial charge in [0.2, 0.25) is 0 Å². The van der Waals surface area contributed by atoms with Crippen molar-refractivity contribution in [3.05, 3.63) is 28.3 Å². The minimum atomic E-state index is 0.0644. The van der Waals surface area contributed by atoms with Crippen molar-refractivity contribution in [2.45, 2.75) is 46.0 Å². The van der Waals surface area contributed by atoms with Crippen LogP contribution in [0.15, 0.2) is 6.07 Å². The third-order valence-electron chi connectivity index (χ3n) is 4.30. The minimum absolute atomic E-state index is 0.0644. The first-order valence-electron chi connectivity index (χ1n) is 8.16. The molecule has 3 rings (SSSR count). The van der Waals surface area contributed by atoms with Crippen molar-refractivity contribution in [1.82, 2.24) is 24.5 Å². The van der Waals surface area contributed by atoms with Crippen molar-refractivity contribution < 1.29 is 4.79 Å². The maximum atomic E-state index is 12.4. The Kier molecular flexibility index (Phi) is 4.75. The lowest BCUT2D eigenvalue weighted by molar-refractivity contribution is 0.0685. The number of hydrogen-bond donors (Lipinski definition) is 1. The highest BCUT2D eigenvalue weighted by atomic mass is 32.1. The van der Waals surface area contributed by atoms with Gasteiger partial charge in [0.25, 0.3) is 5.91 Å². The van der Waals surface area contributed by atoms with Crippen molar-refractivity contribution >= 4 is 17.4 Å². The van der Waals surface area contributed by atoms with Crippen LogP contribution in [-0.2, 0) is 6.42 Å². The molecule has 2 aromatic rings. The van der Waals surface area contributed by atoms with E-state index in [4.69, 9.17) is 0 Å². The zero-order chi connectivity index (χ0) is 16.4. The molecule has 1 fully saturated rings. The smallest absolute Gasteiger partial charge is 0.273 e. The second-order valence-electron chi connectivity index (χ2n) is 6.56. The molecular formula is C16H23N5OS. The molecule has 0 aliphatic carbocycles. The first-order chi connectivity index (χ1) is 11.0. The summed E-state index contributed by atoms with van der Waals surface area (Å²) in [7, 11) is 0. The van der Waals surface area contributed by atoms with Crippen molar-refractivity contribution in [3.63, 3.8) is 0 Å². The van der Waals surface area contributed by atoms with Gasteiger partial charge in [0.1, 0.15) is 11.5 Å². The fourth-order valence-corrected chi connectivity index (χ4v) is 3.44. The molecule has 1 aliphatic heterocycles. The van der Waals surface area contributed by atoms with E-state index < -0.39 is 0 Å². The first kappa shape index (κ1) is 16.1. The molecule has 0 saturated carbocycles. The predicted molar refractivity (Wildman–Crippen MR) is 89.7 cm³/mol. The quantitative estimate of drug-likeness (QED) is 0.933. The molecule has 124 valence electrons. The van der Waals surface area contributed by atoms with Crippen LogP contribution in [0.5, 0.6) is 0 Å². The summed E-state index contributed by atoms with van der Waals surface area (Å²) < 4.78 is 4.22. The molecular weight excluding hydrogens is 310 g/mol. The molecule has 1 saturated heterocycles. The van der Waals surface area contributed by atoms with E-state index >= 15 is 0 Å². The number of likely N-dealkylation sites (tertiary alicyclic amines) is 1. The topological polar surface area (TPSA) is 74.8 Å². The monoisotopic (exact) mass is 333 g/mol. The van der Waals surface area contributed by atoms with Gasteiger partial charge >= 0.3 is 0 Å². The summed E-state index contributed by atoms with van der Waals surface area (Å²) >= 11 is 1.39. The zero-order valence-corrected chi connectivity index (χ0v) is 14.7. The maximum absolute atomic E-state index is 12.4. The summed E-state index contributed by atoms with van der Waals surface area (Å²) in [5.74, 6) is 2.82. The van der Waals surface area contributed by atoms with E-state index in [1.807, 2.05) is 17.9 Å².